The van der Waals surface area contributed by atoms with Crippen molar-refractivity contribution in [2.24, 2.45) is 0 Å². The van der Waals surface area contributed by atoms with Crippen LogP contribution < -0.4 is 5.32 Å². The Balaban J connectivity index is 1.51. The van der Waals surface area contributed by atoms with Crippen molar-refractivity contribution in [3.63, 3.8) is 0 Å². The minimum Gasteiger partial charge on any atom is -0.350 e. The smallest absolute Gasteiger partial charge is 0.290 e. The lowest BCUT2D eigenvalue weighted by Crippen LogP contribution is -2.48. The zero-order valence-corrected chi connectivity index (χ0v) is 12.1. The van der Waals surface area contributed by atoms with Crippen LogP contribution in [0.25, 0.3) is 10.9 Å². The Labute approximate surface area is 123 Å². The molecule has 1 aromatic carbocycles. The third kappa shape index (κ3) is 2.12. The summed E-state index contributed by atoms with van der Waals surface area (Å²) >= 11 is 0. The van der Waals surface area contributed by atoms with Crippen molar-refractivity contribution in [1.29, 1.82) is 0 Å². The molecule has 21 heavy (non-hydrogen) atoms. The van der Waals surface area contributed by atoms with Crippen molar-refractivity contribution in [1.82, 2.24) is 15.4 Å². The van der Waals surface area contributed by atoms with Crippen molar-refractivity contribution in [2.45, 2.75) is 43.8 Å². The summed E-state index contributed by atoms with van der Waals surface area (Å²) in [4.78, 5) is 14.9. The Hall–Kier alpha value is -1.88. The van der Waals surface area contributed by atoms with Crippen LogP contribution in [0.1, 0.15) is 36.2 Å². The number of benzene rings is 1. The van der Waals surface area contributed by atoms with Gasteiger partial charge in [0, 0.05) is 18.1 Å². The molecule has 2 aromatic rings. The Morgan fingerprint density at radius 1 is 1.29 bits per heavy atom. The standard InChI is InChI=1S/C16H19N3O2/c1-19-11-6-7-12(19)9-10(8-11)17-16(20)15-13-4-2-3-5-14(13)18-21-15/h2-5,10-12H,6-9H2,1H3,(H,17,20). The molecule has 5 heteroatoms. The maximum atomic E-state index is 12.4. The molecule has 2 bridgehead atoms. The highest BCUT2D eigenvalue weighted by molar-refractivity contribution is 6.03. The van der Waals surface area contributed by atoms with E-state index in [1.807, 2.05) is 24.3 Å². The minimum absolute atomic E-state index is 0.141. The summed E-state index contributed by atoms with van der Waals surface area (Å²) in [5.74, 6) is 0.189. The maximum Gasteiger partial charge on any atom is 0.290 e. The SMILES string of the molecule is CN1C2CCC1CC(NC(=O)c1onc3ccccc13)C2. The minimum atomic E-state index is -0.141. The van der Waals surface area contributed by atoms with E-state index < -0.39 is 0 Å². The average Bonchev–Trinajstić information content (AvgIpc) is 2.98. The van der Waals surface area contributed by atoms with Gasteiger partial charge in [0.25, 0.3) is 5.91 Å². The van der Waals surface area contributed by atoms with E-state index in [2.05, 4.69) is 22.4 Å². The van der Waals surface area contributed by atoms with Gasteiger partial charge in [0.2, 0.25) is 5.76 Å². The number of fused-ring (bicyclic) bond motifs is 3. The first-order valence-electron chi connectivity index (χ1n) is 7.59. The first-order valence-corrected chi connectivity index (χ1v) is 7.59. The van der Waals surface area contributed by atoms with Gasteiger partial charge < -0.3 is 14.7 Å². The second-order valence-corrected chi connectivity index (χ2v) is 6.22. The first-order chi connectivity index (χ1) is 10.2. The molecule has 0 radical (unpaired) electrons. The number of piperidine rings is 1. The number of carbonyl (C=O) groups excluding carboxylic acids is 1. The summed E-state index contributed by atoms with van der Waals surface area (Å²) in [7, 11) is 2.20. The van der Waals surface area contributed by atoms with Crippen molar-refractivity contribution in [2.75, 3.05) is 7.05 Å². The van der Waals surface area contributed by atoms with Gasteiger partial charge in [0.05, 0.1) is 5.39 Å². The van der Waals surface area contributed by atoms with E-state index in [4.69, 9.17) is 4.52 Å². The number of carbonyl (C=O) groups is 1. The normalized spacial score (nSPS) is 28.9. The van der Waals surface area contributed by atoms with Gasteiger partial charge in [-0.2, -0.15) is 0 Å². The van der Waals surface area contributed by atoms with Crippen molar-refractivity contribution in [3.8, 4) is 0 Å². The number of hydrogen-bond donors (Lipinski definition) is 1. The fourth-order valence-electron chi connectivity index (χ4n) is 3.83. The molecule has 1 N–H and O–H groups in total. The van der Waals surface area contributed by atoms with Crippen molar-refractivity contribution >= 4 is 16.8 Å². The molecule has 2 unspecified atom stereocenters. The number of aromatic nitrogens is 1. The largest absolute Gasteiger partial charge is 0.350 e. The monoisotopic (exact) mass is 285 g/mol. The van der Waals surface area contributed by atoms with Crippen LogP contribution in [0.4, 0.5) is 0 Å². The van der Waals surface area contributed by atoms with Crippen LogP contribution in [0.3, 0.4) is 0 Å². The topological polar surface area (TPSA) is 58.4 Å². The fraction of sp³-hybridized carbons (Fsp3) is 0.500. The van der Waals surface area contributed by atoms with Gasteiger partial charge in [0.15, 0.2) is 0 Å². The maximum absolute atomic E-state index is 12.4. The van der Waals surface area contributed by atoms with Crippen LogP contribution in [0.2, 0.25) is 0 Å². The molecule has 2 aliphatic heterocycles. The molecule has 2 saturated heterocycles. The van der Waals surface area contributed by atoms with E-state index in [1.54, 1.807) is 0 Å². The number of hydrogen-bond acceptors (Lipinski definition) is 4. The Morgan fingerprint density at radius 3 is 2.76 bits per heavy atom. The van der Waals surface area contributed by atoms with Gasteiger partial charge in [-0.15, -0.1) is 0 Å². The van der Waals surface area contributed by atoms with Crippen LogP contribution in [-0.4, -0.2) is 41.1 Å². The van der Waals surface area contributed by atoms with E-state index in [9.17, 15) is 4.79 Å². The Bertz CT molecular complexity index is 667. The van der Waals surface area contributed by atoms with Crippen LogP contribution >= 0.6 is 0 Å². The highest BCUT2D eigenvalue weighted by atomic mass is 16.5. The number of amides is 1. The van der Waals surface area contributed by atoms with E-state index in [1.165, 1.54) is 12.8 Å². The van der Waals surface area contributed by atoms with E-state index in [-0.39, 0.29) is 11.9 Å². The van der Waals surface area contributed by atoms with Crippen molar-refractivity contribution in [3.05, 3.63) is 30.0 Å². The lowest BCUT2D eigenvalue weighted by atomic mass is 9.98. The van der Waals surface area contributed by atoms with Gasteiger partial charge in [-0.25, -0.2) is 0 Å². The molecule has 0 spiro atoms. The van der Waals surface area contributed by atoms with E-state index in [0.29, 0.717) is 17.8 Å². The summed E-state index contributed by atoms with van der Waals surface area (Å²) in [5, 5.41) is 7.86. The van der Waals surface area contributed by atoms with Gasteiger partial charge in [-0.1, -0.05) is 17.3 Å². The highest BCUT2D eigenvalue weighted by Gasteiger charge is 2.39. The molecule has 5 nitrogen and oxygen atoms in total. The third-order valence-electron chi connectivity index (χ3n) is 5.02. The molecular formula is C16H19N3O2. The lowest BCUT2D eigenvalue weighted by molar-refractivity contribution is 0.0849. The van der Waals surface area contributed by atoms with Crippen LogP contribution in [-0.2, 0) is 0 Å². The van der Waals surface area contributed by atoms with Gasteiger partial charge >= 0.3 is 0 Å². The summed E-state index contributed by atoms with van der Waals surface area (Å²) < 4.78 is 5.24. The lowest BCUT2D eigenvalue weighted by Gasteiger charge is -2.36. The predicted molar refractivity (Wildman–Crippen MR) is 79.1 cm³/mol. The summed E-state index contributed by atoms with van der Waals surface area (Å²) in [6.45, 7) is 0. The molecule has 0 saturated carbocycles. The molecule has 4 rings (SSSR count). The Morgan fingerprint density at radius 2 is 2.00 bits per heavy atom. The van der Waals surface area contributed by atoms with Gasteiger partial charge in [-0.05, 0) is 44.9 Å². The van der Waals surface area contributed by atoms with Crippen LogP contribution in [0, 0.1) is 0 Å². The van der Waals surface area contributed by atoms with Crippen LogP contribution in [0.15, 0.2) is 28.8 Å². The first kappa shape index (κ1) is 12.8. The van der Waals surface area contributed by atoms with Gasteiger partial charge in [0.1, 0.15) is 5.52 Å². The number of nitrogens with zero attached hydrogens (tertiary/aromatic N) is 2. The molecule has 0 aliphatic carbocycles. The molecule has 110 valence electrons. The summed E-state index contributed by atoms with van der Waals surface area (Å²) in [6.07, 6.45) is 4.56. The zero-order chi connectivity index (χ0) is 14.4. The average molecular weight is 285 g/mol. The molecule has 1 aromatic heterocycles. The summed E-state index contributed by atoms with van der Waals surface area (Å²) in [6, 6.07) is 8.98. The van der Waals surface area contributed by atoms with E-state index >= 15 is 0 Å². The molecule has 2 atom stereocenters. The summed E-state index contributed by atoms with van der Waals surface area (Å²) in [5.41, 5.74) is 0.728. The molecule has 1 amide bonds. The quantitative estimate of drug-likeness (QED) is 0.919. The second kappa shape index (κ2) is 4.84. The number of nitrogens with one attached hydrogen (secondary N) is 1. The molecule has 2 aliphatic rings. The van der Waals surface area contributed by atoms with E-state index in [0.717, 1.165) is 23.7 Å². The van der Waals surface area contributed by atoms with Crippen molar-refractivity contribution < 1.29 is 9.32 Å². The molecule has 3 heterocycles. The third-order valence-corrected chi connectivity index (χ3v) is 5.02. The zero-order valence-electron chi connectivity index (χ0n) is 12.1. The van der Waals surface area contributed by atoms with Gasteiger partial charge in [-0.3, -0.25) is 4.79 Å². The fourth-order valence-corrected chi connectivity index (χ4v) is 3.83. The molecular weight excluding hydrogens is 266 g/mol. The number of rotatable bonds is 2. The second-order valence-electron chi connectivity index (χ2n) is 6.22. The van der Waals surface area contributed by atoms with Crippen LogP contribution in [0.5, 0.6) is 0 Å². The predicted octanol–water partition coefficient (Wildman–Crippen LogP) is 2.18. The highest BCUT2D eigenvalue weighted by Crippen LogP contribution is 2.34. The Kier molecular flexibility index (Phi) is 2.96. The molecule has 2 fully saturated rings.